The summed E-state index contributed by atoms with van der Waals surface area (Å²) in [6, 6.07) is 4.17. The minimum Gasteiger partial charge on any atom is -0.463 e. The molecule has 1 heterocycles. The Bertz CT molecular complexity index is 453. The molecule has 1 aliphatic rings. The maximum atomic E-state index is 10.4. The SMILES string of the molecule is CN=C(NCC(C)(O)c1ccc(C)o1)NC1CCC1.I. The van der Waals surface area contributed by atoms with Crippen LogP contribution in [-0.4, -0.2) is 30.7 Å². The van der Waals surface area contributed by atoms with Crippen LogP contribution in [0.3, 0.4) is 0 Å². The van der Waals surface area contributed by atoms with Crippen molar-refractivity contribution in [3.63, 3.8) is 0 Å². The molecule has 1 aliphatic carbocycles. The van der Waals surface area contributed by atoms with Gasteiger partial charge in [-0.3, -0.25) is 4.99 Å². The first-order chi connectivity index (χ1) is 9.01. The van der Waals surface area contributed by atoms with Crippen molar-refractivity contribution in [3.8, 4) is 0 Å². The van der Waals surface area contributed by atoms with Gasteiger partial charge in [0.1, 0.15) is 17.1 Å². The highest BCUT2D eigenvalue weighted by Crippen LogP contribution is 2.22. The van der Waals surface area contributed by atoms with Gasteiger partial charge in [-0.2, -0.15) is 0 Å². The molecule has 1 atom stereocenters. The highest BCUT2D eigenvalue weighted by Gasteiger charge is 2.27. The molecule has 0 bridgehead atoms. The molecule has 1 aromatic rings. The second-order valence-corrected chi connectivity index (χ2v) is 5.38. The van der Waals surface area contributed by atoms with Gasteiger partial charge in [-0.1, -0.05) is 0 Å². The lowest BCUT2D eigenvalue weighted by Gasteiger charge is -2.29. The maximum absolute atomic E-state index is 10.4. The molecule has 1 aromatic heterocycles. The molecule has 1 saturated carbocycles. The van der Waals surface area contributed by atoms with Crippen LogP contribution < -0.4 is 10.6 Å². The van der Waals surface area contributed by atoms with E-state index in [1.165, 1.54) is 19.3 Å². The Kier molecular flexibility index (Phi) is 6.32. The van der Waals surface area contributed by atoms with Crippen molar-refractivity contribution in [1.82, 2.24) is 10.6 Å². The molecule has 0 aromatic carbocycles. The molecule has 114 valence electrons. The van der Waals surface area contributed by atoms with Crippen molar-refractivity contribution in [1.29, 1.82) is 0 Å². The van der Waals surface area contributed by atoms with Crippen LogP contribution in [0.2, 0.25) is 0 Å². The van der Waals surface area contributed by atoms with E-state index in [-0.39, 0.29) is 24.0 Å². The lowest BCUT2D eigenvalue weighted by atomic mass is 9.93. The summed E-state index contributed by atoms with van der Waals surface area (Å²) in [7, 11) is 1.74. The molecule has 2 rings (SSSR count). The molecule has 0 aliphatic heterocycles. The Labute approximate surface area is 137 Å². The van der Waals surface area contributed by atoms with Crippen LogP contribution in [0.15, 0.2) is 21.5 Å². The van der Waals surface area contributed by atoms with E-state index in [1.54, 1.807) is 20.0 Å². The predicted octanol–water partition coefficient (Wildman–Crippen LogP) is 2.13. The quantitative estimate of drug-likeness (QED) is 0.417. The number of aliphatic imine (C=N–C) groups is 1. The summed E-state index contributed by atoms with van der Waals surface area (Å²) in [5.41, 5.74) is -1.05. The minimum absolute atomic E-state index is 0. The number of hydrogen-bond acceptors (Lipinski definition) is 3. The lowest BCUT2D eigenvalue weighted by molar-refractivity contribution is 0.0377. The summed E-state index contributed by atoms with van der Waals surface area (Å²) in [5.74, 6) is 2.09. The standard InChI is InChI=1S/C14H23N3O2.HI/c1-10-7-8-12(19-10)14(2,18)9-16-13(15-3)17-11-5-4-6-11;/h7-8,11,18H,4-6,9H2,1-3H3,(H2,15,16,17);1H. The van der Waals surface area contributed by atoms with Crippen molar-refractivity contribution >= 4 is 29.9 Å². The van der Waals surface area contributed by atoms with E-state index in [4.69, 9.17) is 4.42 Å². The third-order valence-corrected chi connectivity index (χ3v) is 3.54. The molecule has 3 N–H and O–H groups in total. The average molecular weight is 393 g/mol. The van der Waals surface area contributed by atoms with Crippen LogP contribution in [-0.2, 0) is 5.60 Å². The summed E-state index contributed by atoms with van der Waals surface area (Å²) in [4.78, 5) is 4.16. The largest absolute Gasteiger partial charge is 0.463 e. The number of rotatable bonds is 4. The smallest absolute Gasteiger partial charge is 0.191 e. The fourth-order valence-corrected chi connectivity index (χ4v) is 2.01. The van der Waals surface area contributed by atoms with Gasteiger partial charge in [0.25, 0.3) is 0 Å². The number of nitrogens with one attached hydrogen (secondary N) is 2. The number of halogens is 1. The first kappa shape index (κ1) is 17.3. The van der Waals surface area contributed by atoms with Crippen molar-refractivity contribution in [2.45, 2.75) is 44.8 Å². The monoisotopic (exact) mass is 393 g/mol. The van der Waals surface area contributed by atoms with E-state index in [9.17, 15) is 5.11 Å². The molecule has 20 heavy (non-hydrogen) atoms. The number of guanidine groups is 1. The van der Waals surface area contributed by atoms with Crippen LogP contribution in [0.5, 0.6) is 0 Å². The Morgan fingerprint density at radius 2 is 2.20 bits per heavy atom. The zero-order valence-electron chi connectivity index (χ0n) is 12.3. The lowest BCUT2D eigenvalue weighted by Crippen LogP contribution is -2.49. The van der Waals surface area contributed by atoms with Gasteiger partial charge >= 0.3 is 0 Å². The number of hydrogen-bond donors (Lipinski definition) is 3. The fourth-order valence-electron chi connectivity index (χ4n) is 2.01. The zero-order chi connectivity index (χ0) is 13.9. The Hall–Kier alpha value is -0.760. The average Bonchev–Trinajstić information content (AvgIpc) is 2.74. The molecule has 0 saturated heterocycles. The first-order valence-electron chi connectivity index (χ1n) is 6.78. The third kappa shape index (κ3) is 4.37. The number of aliphatic hydroxyl groups is 1. The maximum Gasteiger partial charge on any atom is 0.191 e. The first-order valence-corrected chi connectivity index (χ1v) is 6.78. The fraction of sp³-hybridized carbons (Fsp3) is 0.643. The van der Waals surface area contributed by atoms with Gasteiger partial charge in [0.05, 0.1) is 6.54 Å². The normalized spacial score (nSPS) is 18.7. The van der Waals surface area contributed by atoms with Gasteiger partial charge in [-0.15, -0.1) is 24.0 Å². The number of nitrogens with zero attached hydrogens (tertiary/aromatic N) is 1. The van der Waals surface area contributed by atoms with Crippen LogP contribution in [0.1, 0.15) is 37.7 Å². The van der Waals surface area contributed by atoms with E-state index < -0.39 is 5.60 Å². The van der Waals surface area contributed by atoms with E-state index in [2.05, 4.69) is 15.6 Å². The van der Waals surface area contributed by atoms with E-state index in [1.807, 2.05) is 13.0 Å². The second-order valence-electron chi connectivity index (χ2n) is 5.38. The predicted molar refractivity (Wildman–Crippen MR) is 90.6 cm³/mol. The Balaban J connectivity index is 0.00000200. The Morgan fingerprint density at radius 3 is 2.65 bits per heavy atom. The van der Waals surface area contributed by atoms with E-state index in [0.29, 0.717) is 18.3 Å². The molecule has 0 amide bonds. The Morgan fingerprint density at radius 1 is 1.50 bits per heavy atom. The minimum atomic E-state index is -1.05. The van der Waals surface area contributed by atoms with Crippen LogP contribution in [0, 0.1) is 6.92 Å². The number of furan rings is 1. The van der Waals surface area contributed by atoms with Gasteiger partial charge in [-0.25, -0.2) is 0 Å². The summed E-state index contributed by atoms with van der Waals surface area (Å²) in [6.45, 7) is 3.95. The van der Waals surface area contributed by atoms with Gasteiger partial charge in [0, 0.05) is 13.1 Å². The van der Waals surface area contributed by atoms with Gasteiger partial charge in [-0.05, 0) is 45.2 Å². The molecule has 6 heteroatoms. The molecule has 1 unspecified atom stereocenters. The molecule has 1 fully saturated rings. The van der Waals surface area contributed by atoms with Gasteiger partial charge in [0.2, 0.25) is 0 Å². The zero-order valence-corrected chi connectivity index (χ0v) is 14.6. The van der Waals surface area contributed by atoms with Crippen molar-refractivity contribution in [2.24, 2.45) is 4.99 Å². The van der Waals surface area contributed by atoms with Gasteiger partial charge in [0.15, 0.2) is 5.96 Å². The summed E-state index contributed by atoms with van der Waals surface area (Å²) in [6.07, 6.45) is 3.65. The number of aryl methyl sites for hydroxylation is 1. The molecule has 5 nitrogen and oxygen atoms in total. The third-order valence-electron chi connectivity index (χ3n) is 3.54. The molecule has 0 spiro atoms. The topological polar surface area (TPSA) is 69.8 Å². The highest BCUT2D eigenvalue weighted by molar-refractivity contribution is 14.0. The van der Waals surface area contributed by atoms with Gasteiger partial charge < -0.3 is 20.2 Å². The van der Waals surface area contributed by atoms with Crippen LogP contribution in [0.4, 0.5) is 0 Å². The van der Waals surface area contributed by atoms with Crippen LogP contribution in [0.25, 0.3) is 0 Å². The molecular weight excluding hydrogens is 369 g/mol. The van der Waals surface area contributed by atoms with Crippen LogP contribution >= 0.6 is 24.0 Å². The second kappa shape index (κ2) is 7.31. The molecular formula is C14H24IN3O2. The van der Waals surface area contributed by atoms with E-state index >= 15 is 0 Å². The summed E-state index contributed by atoms with van der Waals surface area (Å²) in [5, 5.41) is 16.9. The summed E-state index contributed by atoms with van der Waals surface area (Å²) < 4.78 is 5.48. The van der Waals surface area contributed by atoms with E-state index in [0.717, 1.165) is 11.7 Å². The molecule has 0 radical (unpaired) electrons. The van der Waals surface area contributed by atoms with Crippen molar-refractivity contribution in [2.75, 3.05) is 13.6 Å². The highest BCUT2D eigenvalue weighted by atomic mass is 127. The van der Waals surface area contributed by atoms with Crippen molar-refractivity contribution in [3.05, 3.63) is 23.7 Å². The summed E-state index contributed by atoms with van der Waals surface area (Å²) >= 11 is 0. The van der Waals surface area contributed by atoms with Crippen molar-refractivity contribution < 1.29 is 9.52 Å².